The highest BCUT2D eigenvalue weighted by Gasteiger charge is 2.11. The van der Waals surface area contributed by atoms with Gasteiger partial charge in [-0.1, -0.05) is 25.4 Å². The Hall–Kier alpha value is -0.870. The number of anilines is 1. The summed E-state index contributed by atoms with van der Waals surface area (Å²) in [4.78, 5) is 8.44. The Morgan fingerprint density at radius 2 is 1.81 bits per heavy atom. The molecule has 0 bridgehead atoms. The number of aromatic nitrogens is 2. The number of rotatable bonds is 4. The van der Waals surface area contributed by atoms with Gasteiger partial charge in [-0.2, -0.15) is 0 Å². The molecule has 0 saturated carbocycles. The Kier molecular flexibility index (Phi) is 4.50. The fourth-order valence-electron chi connectivity index (χ4n) is 1.13. The van der Waals surface area contributed by atoms with Crippen molar-refractivity contribution in [3.8, 4) is 0 Å². The van der Waals surface area contributed by atoms with Crippen LogP contribution >= 0.6 is 11.6 Å². The van der Waals surface area contributed by atoms with Crippen LogP contribution in [0, 0.1) is 19.8 Å². The predicted molar refractivity (Wildman–Crippen MR) is 65.9 cm³/mol. The first-order valence-electron chi connectivity index (χ1n) is 5.34. The van der Waals surface area contributed by atoms with Gasteiger partial charge >= 0.3 is 0 Å². The molecule has 0 aliphatic rings. The van der Waals surface area contributed by atoms with Crippen LogP contribution in [0.25, 0.3) is 0 Å². The molecule has 1 unspecified atom stereocenters. The molecule has 16 heavy (non-hydrogen) atoms. The fraction of sp³-hybridized carbons (Fsp3) is 0.636. The second-order valence-corrected chi connectivity index (χ2v) is 4.58. The van der Waals surface area contributed by atoms with Gasteiger partial charge in [-0.3, -0.25) is 0 Å². The number of nitrogens with zero attached hydrogens (tertiary/aromatic N) is 2. The summed E-state index contributed by atoms with van der Waals surface area (Å²) in [5.74, 6) is 0.732. The molecule has 1 aromatic rings. The van der Waals surface area contributed by atoms with E-state index >= 15 is 0 Å². The molecule has 1 atom stereocenters. The van der Waals surface area contributed by atoms with Crippen LogP contribution in [0.4, 0.5) is 5.82 Å². The van der Waals surface area contributed by atoms with Crippen molar-refractivity contribution in [2.24, 2.45) is 5.92 Å². The van der Waals surface area contributed by atoms with Crippen molar-refractivity contribution in [3.63, 3.8) is 0 Å². The molecule has 0 saturated heterocycles. The minimum atomic E-state index is -0.417. The van der Waals surface area contributed by atoms with E-state index in [1.54, 1.807) is 0 Å². The van der Waals surface area contributed by atoms with Crippen molar-refractivity contribution in [2.75, 3.05) is 11.9 Å². The third kappa shape index (κ3) is 3.32. The van der Waals surface area contributed by atoms with Gasteiger partial charge in [-0.15, -0.1) is 0 Å². The first kappa shape index (κ1) is 13.2. The van der Waals surface area contributed by atoms with E-state index in [0.717, 1.165) is 11.4 Å². The highest BCUT2D eigenvalue weighted by Crippen LogP contribution is 2.18. The molecule has 1 heterocycles. The molecule has 90 valence electrons. The molecule has 0 aliphatic heterocycles. The zero-order valence-corrected chi connectivity index (χ0v) is 10.8. The Balaban J connectivity index is 2.71. The summed E-state index contributed by atoms with van der Waals surface area (Å²) < 4.78 is 0. The average molecular weight is 244 g/mol. The highest BCUT2D eigenvalue weighted by molar-refractivity contribution is 6.31. The third-order valence-electron chi connectivity index (χ3n) is 2.51. The predicted octanol–water partition coefficient (Wildman–Crippen LogP) is 2.18. The number of nitrogens with one attached hydrogen (secondary N) is 1. The van der Waals surface area contributed by atoms with Crippen LogP contribution in [0.1, 0.15) is 25.2 Å². The molecule has 2 N–H and O–H groups in total. The van der Waals surface area contributed by atoms with Crippen molar-refractivity contribution in [2.45, 2.75) is 33.8 Å². The van der Waals surface area contributed by atoms with Crippen molar-refractivity contribution < 1.29 is 5.11 Å². The zero-order valence-electron chi connectivity index (χ0n) is 10.1. The van der Waals surface area contributed by atoms with E-state index in [9.17, 15) is 5.11 Å². The molecule has 0 aromatic carbocycles. The normalized spacial score (nSPS) is 12.9. The molecule has 4 nitrogen and oxygen atoms in total. The molecule has 0 amide bonds. The number of aryl methyl sites for hydroxylation is 2. The maximum absolute atomic E-state index is 9.65. The lowest BCUT2D eigenvalue weighted by Gasteiger charge is -2.16. The molecule has 0 aliphatic carbocycles. The van der Waals surface area contributed by atoms with Gasteiger partial charge in [0.15, 0.2) is 11.0 Å². The highest BCUT2D eigenvalue weighted by atomic mass is 35.5. The minimum Gasteiger partial charge on any atom is -0.391 e. The third-order valence-corrected chi connectivity index (χ3v) is 2.78. The lowest BCUT2D eigenvalue weighted by molar-refractivity contribution is 0.138. The Labute approximate surface area is 101 Å². The SMILES string of the molecule is Cc1nc(Cl)c(NCC(O)C(C)C)nc1C. The second-order valence-electron chi connectivity index (χ2n) is 4.23. The van der Waals surface area contributed by atoms with Gasteiger partial charge in [0.25, 0.3) is 0 Å². The zero-order chi connectivity index (χ0) is 12.3. The van der Waals surface area contributed by atoms with Crippen LogP contribution in [0.2, 0.25) is 5.15 Å². The van der Waals surface area contributed by atoms with Crippen molar-refractivity contribution in [1.82, 2.24) is 9.97 Å². The summed E-state index contributed by atoms with van der Waals surface area (Å²) in [6.45, 7) is 8.08. The van der Waals surface area contributed by atoms with Gasteiger partial charge in [0, 0.05) is 6.54 Å². The Bertz CT molecular complexity index is 368. The fourth-order valence-corrected chi connectivity index (χ4v) is 1.36. The van der Waals surface area contributed by atoms with E-state index < -0.39 is 6.10 Å². The van der Waals surface area contributed by atoms with Crippen LogP contribution < -0.4 is 5.32 Å². The van der Waals surface area contributed by atoms with E-state index in [-0.39, 0.29) is 5.92 Å². The van der Waals surface area contributed by atoms with Crippen LogP contribution in [-0.2, 0) is 0 Å². The molecule has 0 spiro atoms. The van der Waals surface area contributed by atoms with E-state index in [1.165, 1.54) is 0 Å². The number of aliphatic hydroxyl groups excluding tert-OH is 1. The molecule has 5 heteroatoms. The molecular weight excluding hydrogens is 226 g/mol. The smallest absolute Gasteiger partial charge is 0.171 e. The summed E-state index contributed by atoms with van der Waals surface area (Å²) in [6, 6.07) is 0. The van der Waals surface area contributed by atoms with Gasteiger partial charge in [-0.05, 0) is 19.8 Å². The summed E-state index contributed by atoms with van der Waals surface area (Å²) in [7, 11) is 0. The van der Waals surface area contributed by atoms with E-state index in [4.69, 9.17) is 11.6 Å². The lowest BCUT2D eigenvalue weighted by atomic mass is 10.1. The molecule has 1 aromatic heterocycles. The van der Waals surface area contributed by atoms with E-state index in [1.807, 2.05) is 27.7 Å². The number of aliphatic hydroxyl groups is 1. The van der Waals surface area contributed by atoms with Gasteiger partial charge < -0.3 is 10.4 Å². The maximum atomic E-state index is 9.65. The van der Waals surface area contributed by atoms with Gasteiger partial charge in [-0.25, -0.2) is 9.97 Å². The summed E-state index contributed by atoms with van der Waals surface area (Å²) >= 11 is 5.95. The standard InChI is InChI=1S/C11H18ClN3O/c1-6(2)9(16)5-13-11-10(12)14-7(3)8(4)15-11/h6,9,16H,5H2,1-4H3,(H,13,15). The van der Waals surface area contributed by atoms with Crippen LogP contribution in [0.3, 0.4) is 0 Å². The topological polar surface area (TPSA) is 58.0 Å². The average Bonchev–Trinajstić information content (AvgIpc) is 2.20. The Morgan fingerprint density at radius 1 is 1.25 bits per heavy atom. The quantitative estimate of drug-likeness (QED) is 0.851. The maximum Gasteiger partial charge on any atom is 0.171 e. The number of halogens is 1. The number of hydrogen-bond donors (Lipinski definition) is 2. The van der Waals surface area contributed by atoms with Crippen molar-refractivity contribution in [3.05, 3.63) is 16.5 Å². The lowest BCUT2D eigenvalue weighted by Crippen LogP contribution is -2.25. The second kappa shape index (κ2) is 5.46. The Morgan fingerprint density at radius 3 is 2.38 bits per heavy atom. The van der Waals surface area contributed by atoms with Crippen molar-refractivity contribution >= 4 is 17.4 Å². The largest absolute Gasteiger partial charge is 0.391 e. The molecule has 1 rings (SSSR count). The first-order valence-corrected chi connectivity index (χ1v) is 5.72. The summed E-state index contributed by atoms with van der Waals surface area (Å²) in [5, 5.41) is 13.0. The summed E-state index contributed by atoms with van der Waals surface area (Å²) in [5.41, 5.74) is 1.66. The van der Waals surface area contributed by atoms with Gasteiger partial charge in [0.2, 0.25) is 0 Å². The van der Waals surface area contributed by atoms with E-state index in [0.29, 0.717) is 17.5 Å². The van der Waals surface area contributed by atoms with E-state index in [2.05, 4.69) is 15.3 Å². The van der Waals surface area contributed by atoms with Crippen LogP contribution in [0.5, 0.6) is 0 Å². The molecular formula is C11H18ClN3O. The van der Waals surface area contributed by atoms with Gasteiger partial charge in [0.1, 0.15) is 0 Å². The van der Waals surface area contributed by atoms with Crippen molar-refractivity contribution in [1.29, 1.82) is 0 Å². The van der Waals surface area contributed by atoms with Crippen LogP contribution in [0.15, 0.2) is 0 Å². The minimum absolute atomic E-state index is 0.200. The first-order chi connectivity index (χ1) is 7.41. The number of hydrogen-bond acceptors (Lipinski definition) is 4. The van der Waals surface area contributed by atoms with Crippen LogP contribution in [-0.4, -0.2) is 27.7 Å². The molecule has 0 radical (unpaired) electrons. The molecule has 0 fully saturated rings. The van der Waals surface area contributed by atoms with Gasteiger partial charge in [0.05, 0.1) is 17.5 Å². The monoisotopic (exact) mass is 243 g/mol. The summed E-state index contributed by atoms with van der Waals surface area (Å²) in [6.07, 6.45) is -0.417.